The van der Waals surface area contributed by atoms with Crippen LogP contribution in [0.2, 0.25) is 0 Å². The van der Waals surface area contributed by atoms with E-state index in [1.54, 1.807) is 48.5 Å². The molecule has 3 aliphatic rings. The Labute approximate surface area is 175 Å². The summed E-state index contributed by atoms with van der Waals surface area (Å²) in [5.74, 6) is 0.638. The van der Waals surface area contributed by atoms with Crippen molar-refractivity contribution in [2.45, 2.75) is 6.61 Å². The zero-order valence-corrected chi connectivity index (χ0v) is 16.0. The van der Waals surface area contributed by atoms with Crippen molar-refractivity contribution in [1.29, 1.82) is 0 Å². The van der Waals surface area contributed by atoms with Gasteiger partial charge in [-0.05, 0) is 30.3 Å². The van der Waals surface area contributed by atoms with Gasteiger partial charge in [0.15, 0.2) is 23.0 Å². The van der Waals surface area contributed by atoms with Crippen LogP contribution in [0, 0.1) is 0 Å². The summed E-state index contributed by atoms with van der Waals surface area (Å²) in [4.78, 5) is 26.4. The van der Waals surface area contributed by atoms with E-state index in [1.807, 2.05) is 0 Å². The van der Waals surface area contributed by atoms with Gasteiger partial charge in [-0.1, -0.05) is 18.2 Å². The molecule has 0 saturated carbocycles. The van der Waals surface area contributed by atoms with Gasteiger partial charge in [0.25, 0.3) is 0 Å². The summed E-state index contributed by atoms with van der Waals surface area (Å²) in [5.41, 5.74) is 1.63. The number of carbonyl (C=O) groups is 2. The van der Waals surface area contributed by atoms with Gasteiger partial charge in [-0.3, -0.25) is 0 Å². The van der Waals surface area contributed by atoms with Crippen LogP contribution in [-0.4, -0.2) is 25.5 Å². The third-order valence-corrected chi connectivity index (χ3v) is 5.30. The Morgan fingerprint density at radius 3 is 1.87 bits per heavy atom. The fourth-order valence-electron chi connectivity index (χ4n) is 3.88. The lowest BCUT2D eigenvalue weighted by atomic mass is 9.92. The maximum absolute atomic E-state index is 13.3. The maximum atomic E-state index is 13.3. The lowest BCUT2D eigenvalue weighted by molar-refractivity contribution is 0.0470. The molecule has 0 fully saturated rings. The molecule has 0 bridgehead atoms. The van der Waals surface area contributed by atoms with Crippen LogP contribution in [0.25, 0.3) is 11.1 Å². The second-order valence-corrected chi connectivity index (χ2v) is 7.02. The fraction of sp³-hybridized carbons (Fsp3) is 0.130. The first-order valence-corrected chi connectivity index (χ1v) is 9.53. The number of hydrogen-bond acceptors (Lipinski definition) is 8. The molecule has 3 aromatic carbocycles. The first-order valence-electron chi connectivity index (χ1n) is 9.53. The van der Waals surface area contributed by atoms with Crippen molar-refractivity contribution in [2.75, 3.05) is 13.6 Å². The molecule has 8 nitrogen and oxygen atoms in total. The SMILES string of the molecule is O=C1OCc2ccccc2OC(=O)c2ccc3c(c2-c2c1ccc1c2OCO1)OCO3. The highest BCUT2D eigenvalue weighted by Gasteiger charge is 2.35. The van der Waals surface area contributed by atoms with Crippen LogP contribution in [-0.2, 0) is 11.3 Å². The van der Waals surface area contributed by atoms with E-state index < -0.39 is 11.9 Å². The van der Waals surface area contributed by atoms with E-state index in [4.69, 9.17) is 28.4 Å². The van der Waals surface area contributed by atoms with Gasteiger partial charge < -0.3 is 28.4 Å². The zero-order chi connectivity index (χ0) is 20.9. The molecule has 0 spiro atoms. The van der Waals surface area contributed by atoms with Crippen LogP contribution in [0.5, 0.6) is 28.7 Å². The molecule has 0 saturated heterocycles. The molecule has 0 radical (unpaired) electrons. The molecule has 6 rings (SSSR count). The highest BCUT2D eigenvalue weighted by molar-refractivity contribution is 6.08. The summed E-state index contributed by atoms with van der Waals surface area (Å²) in [6.07, 6.45) is 0. The number of carbonyl (C=O) groups excluding carboxylic acids is 2. The minimum atomic E-state index is -0.613. The number of ether oxygens (including phenoxy) is 6. The number of para-hydroxylation sites is 1. The number of cyclic esters (lactones) is 1. The summed E-state index contributed by atoms with van der Waals surface area (Å²) in [5, 5.41) is 0. The van der Waals surface area contributed by atoms with E-state index in [2.05, 4.69) is 0 Å². The maximum Gasteiger partial charge on any atom is 0.344 e. The quantitative estimate of drug-likeness (QED) is 0.403. The lowest BCUT2D eigenvalue weighted by Crippen LogP contribution is -2.12. The minimum Gasteiger partial charge on any atom is -0.457 e. The second-order valence-electron chi connectivity index (χ2n) is 7.02. The number of benzene rings is 3. The molecule has 0 N–H and O–H groups in total. The number of fused-ring (bicyclic) bond motifs is 8. The highest BCUT2D eigenvalue weighted by atomic mass is 16.7. The summed E-state index contributed by atoms with van der Waals surface area (Å²) in [6, 6.07) is 13.3. The van der Waals surface area contributed by atoms with Gasteiger partial charge in [0.2, 0.25) is 13.6 Å². The molecule has 154 valence electrons. The third-order valence-electron chi connectivity index (χ3n) is 5.30. The van der Waals surface area contributed by atoms with Crippen molar-refractivity contribution in [1.82, 2.24) is 0 Å². The van der Waals surface area contributed by atoms with E-state index in [1.165, 1.54) is 0 Å². The molecule has 3 aromatic rings. The van der Waals surface area contributed by atoms with Crippen LogP contribution in [0.1, 0.15) is 26.3 Å². The van der Waals surface area contributed by atoms with Crippen LogP contribution in [0.4, 0.5) is 0 Å². The Kier molecular flexibility index (Phi) is 3.79. The van der Waals surface area contributed by atoms with E-state index in [9.17, 15) is 9.59 Å². The normalized spacial score (nSPS) is 15.7. The summed E-state index contributed by atoms with van der Waals surface area (Å²) >= 11 is 0. The average molecular weight is 418 g/mol. The Balaban J connectivity index is 1.67. The number of hydrogen-bond donors (Lipinski definition) is 0. The molecule has 0 unspecified atom stereocenters. The first-order chi connectivity index (χ1) is 15.2. The zero-order valence-electron chi connectivity index (χ0n) is 16.0. The van der Waals surface area contributed by atoms with E-state index in [0.717, 1.165) is 0 Å². The molecule has 0 aromatic heterocycles. The monoisotopic (exact) mass is 418 g/mol. The van der Waals surface area contributed by atoms with Gasteiger partial charge in [0.1, 0.15) is 12.4 Å². The molecule has 3 aliphatic heterocycles. The molecule has 0 amide bonds. The molecular weight excluding hydrogens is 404 g/mol. The molecule has 8 heteroatoms. The standard InChI is InChI=1S/C23H14O8/c24-22-13-5-7-16-20(29-10-27-16)18(13)19-14(6-8-17-21(19)30-11-28-17)23(25)31-15-4-2-1-3-12(15)9-26-22/h1-8H,9-11H2. The van der Waals surface area contributed by atoms with Gasteiger partial charge in [-0.15, -0.1) is 0 Å². The average Bonchev–Trinajstić information content (AvgIpc) is 3.45. The number of rotatable bonds is 0. The molecular formula is C23H14O8. The molecule has 31 heavy (non-hydrogen) atoms. The second kappa shape index (κ2) is 6.66. The van der Waals surface area contributed by atoms with Crippen LogP contribution in [0.3, 0.4) is 0 Å². The van der Waals surface area contributed by atoms with Crippen LogP contribution in [0.15, 0.2) is 48.5 Å². The Bertz CT molecular complexity index is 1260. The van der Waals surface area contributed by atoms with Gasteiger partial charge in [-0.25, -0.2) is 9.59 Å². The van der Waals surface area contributed by atoms with Crippen molar-refractivity contribution in [3.05, 3.63) is 65.2 Å². The van der Waals surface area contributed by atoms with Gasteiger partial charge in [0, 0.05) is 16.7 Å². The first kappa shape index (κ1) is 17.6. The minimum absolute atomic E-state index is 0.0154. The van der Waals surface area contributed by atoms with Gasteiger partial charge in [-0.2, -0.15) is 0 Å². The van der Waals surface area contributed by atoms with Gasteiger partial charge in [0.05, 0.1) is 11.1 Å². The Morgan fingerprint density at radius 2 is 1.19 bits per heavy atom. The fourth-order valence-corrected chi connectivity index (χ4v) is 3.88. The largest absolute Gasteiger partial charge is 0.457 e. The van der Waals surface area contributed by atoms with Crippen molar-refractivity contribution in [3.63, 3.8) is 0 Å². The van der Waals surface area contributed by atoms with E-state index in [-0.39, 0.29) is 31.3 Å². The summed E-state index contributed by atoms with van der Waals surface area (Å²) in [7, 11) is 0. The molecule has 0 atom stereocenters. The number of esters is 2. The highest BCUT2D eigenvalue weighted by Crippen LogP contribution is 2.52. The van der Waals surface area contributed by atoms with Crippen LogP contribution >= 0.6 is 0 Å². The smallest absolute Gasteiger partial charge is 0.344 e. The Hall–Kier alpha value is -4.20. The predicted octanol–water partition coefficient (Wildman–Crippen LogP) is 3.70. The third kappa shape index (κ3) is 2.68. The van der Waals surface area contributed by atoms with Crippen molar-refractivity contribution < 1.29 is 38.0 Å². The van der Waals surface area contributed by atoms with E-state index in [0.29, 0.717) is 45.4 Å². The summed E-state index contributed by atoms with van der Waals surface area (Å²) in [6.45, 7) is -0.0987. The van der Waals surface area contributed by atoms with Crippen molar-refractivity contribution >= 4 is 11.9 Å². The topological polar surface area (TPSA) is 89.5 Å². The lowest BCUT2D eigenvalue weighted by Gasteiger charge is -2.16. The van der Waals surface area contributed by atoms with Crippen molar-refractivity contribution in [2.24, 2.45) is 0 Å². The van der Waals surface area contributed by atoms with Crippen molar-refractivity contribution in [3.8, 4) is 39.9 Å². The Morgan fingerprint density at radius 1 is 0.581 bits per heavy atom. The molecule has 3 heterocycles. The van der Waals surface area contributed by atoms with E-state index >= 15 is 0 Å². The molecule has 0 aliphatic carbocycles. The summed E-state index contributed by atoms with van der Waals surface area (Å²) < 4.78 is 33.6. The van der Waals surface area contributed by atoms with Gasteiger partial charge >= 0.3 is 11.9 Å². The predicted molar refractivity (Wildman–Crippen MR) is 105 cm³/mol. The van der Waals surface area contributed by atoms with Crippen LogP contribution < -0.4 is 23.7 Å².